The van der Waals surface area contributed by atoms with Crippen molar-refractivity contribution in [3.05, 3.63) is 46.3 Å². The molecule has 0 radical (unpaired) electrons. The molecule has 0 bridgehead atoms. The standard InChI is InChI=1S/C13H14ClNO3S2/c1-9(10-4-3-5-11(8-10)18-2)15-20(16,17)13-7-6-12(14)19-13/h3-9,15H,1-2H3. The van der Waals surface area contributed by atoms with Crippen LogP contribution in [-0.4, -0.2) is 15.5 Å². The Labute approximate surface area is 127 Å². The Morgan fingerprint density at radius 3 is 2.65 bits per heavy atom. The van der Waals surface area contributed by atoms with Crippen LogP contribution in [0.5, 0.6) is 5.75 Å². The van der Waals surface area contributed by atoms with Gasteiger partial charge in [0.25, 0.3) is 10.0 Å². The lowest BCUT2D eigenvalue weighted by Gasteiger charge is -2.14. The third-order valence-corrected chi connectivity index (χ3v) is 6.00. The highest BCUT2D eigenvalue weighted by Crippen LogP contribution is 2.27. The molecule has 0 saturated heterocycles. The summed E-state index contributed by atoms with van der Waals surface area (Å²) in [5.74, 6) is 0.688. The molecule has 0 amide bonds. The number of sulfonamides is 1. The largest absolute Gasteiger partial charge is 0.497 e. The van der Waals surface area contributed by atoms with Crippen molar-refractivity contribution < 1.29 is 13.2 Å². The third-order valence-electron chi connectivity index (χ3n) is 2.74. The summed E-state index contributed by atoms with van der Waals surface area (Å²) >= 11 is 6.80. The van der Waals surface area contributed by atoms with E-state index in [0.717, 1.165) is 16.9 Å². The molecule has 0 aliphatic rings. The molecule has 4 nitrogen and oxygen atoms in total. The van der Waals surface area contributed by atoms with E-state index in [4.69, 9.17) is 16.3 Å². The summed E-state index contributed by atoms with van der Waals surface area (Å²) in [5.41, 5.74) is 0.829. The van der Waals surface area contributed by atoms with Crippen LogP contribution in [0, 0.1) is 0 Å². The zero-order chi connectivity index (χ0) is 14.8. The fourth-order valence-electron chi connectivity index (χ4n) is 1.71. The Morgan fingerprint density at radius 1 is 1.30 bits per heavy atom. The van der Waals surface area contributed by atoms with Crippen molar-refractivity contribution in [1.29, 1.82) is 0 Å². The van der Waals surface area contributed by atoms with Gasteiger partial charge >= 0.3 is 0 Å². The summed E-state index contributed by atoms with van der Waals surface area (Å²) in [7, 11) is -1.99. The first kappa shape index (κ1) is 15.3. The van der Waals surface area contributed by atoms with E-state index in [1.165, 1.54) is 6.07 Å². The van der Waals surface area contributed by atoms with Gasteiger partial charge in [0, 0.05) is 6.04 Å². The van der Waals surface area contributed by atoms with E-state index < -0.39 is 10.0 Å². The second-order valence-electron chi connectivity index (χ2n) is 4.18. The first-order valence-corrected chi connectivity index (χ1v) is 8.52. The van der Waals surface area contributed by atoms with Crippen molar-refractivity contribution in [2.45, 2.75) is 17.2 Å². The average molecular weight is 332 g/mol. The molecule has 1 heterocycles. The molecule has 1 N–H and O–H groups in total. The van der Waals surface area contributed by atoms with Crippen LogP contribution in [0.25, 0.3) is 0 Å². The maximum atomic E-state index is 12.2. The highest BCUT2D eigenvalue weighted by Gasteiger charge is 2.20. The molecule has 7 heteroatoms. The molecule has 1 unspecified atom stereocenters. The number of benzene rings is 1. The minimum atomic E-state index is -3.56. The second kappa shape index (κ2) is 6.13. The Hall–Kier alpha value is -1.08. The van der Waals surface area contributed by atoms with Crippen LogP contribution in [0.4, 0.5) is 0 Å². The van der Waals surface area contributed by atoms with Gasteiger partial charge in [-0.2, -0.15) is 0 Å². The Bertz CT molecular complexity index is 697. The van der Waals surface area contributed by atoms with Crippen LogP contribution in [0.15, 0.2) is 40.6 Å². The molecule has 0 aliphatic heterocycles. The first-order chi connectivity index (χ1) is 9.42. The van der Waals surface area contributed by atoms with Gasteiger partial charge in [0.05, 0.1) is 11.4 Å². The summed E-state index contributed by atoms with van der Waals surface area (Å²) < 4.78 is 32.8. The molecule has 1 aromatic heterocycles. The van der Waals surface area contributed by atoms with Gasteiger partial charge in [-0.15, -0.1) is 11.3 Å². The molecule has 0 fully saturated rings. The van der Waals surface area contributed by atoms with Crippen LogP contribution >= 0.6 is 22.9 Å². The van der Waals surface area contributed by atoms with Crippen molar-refractivity contribution in [2.75, 3.05) is 7.11 Å². The maximum absolute atomic E-state index is 12.2. The van der Waals surface area contributed by atoms with Gasteiger partial charge in [-0.25, -0.2) is 13.1 Å². The lowest BCUT2D eigenvalue weighted by atomic mass is 10.1. The Balaban J connectivity index is 2.20. The van der Waals surface area contributed by atoms with Crippen molar-refractivity contribution in [3.63, 3.8) is 0 Å². The normalized spacial score (nSPS) is 13.2. The van der Waals surface area contributed by atoms with Gasteiger partial charge in [0.15, 0.2) is 0 Å². The highest BCUT2D eigenvalue weighted by molar-refractivity contribution is 7.91. The van der Waals surface area contributed by atoms with E-state index in [2.05, 4.69) is 4.72 Å². The number of hydrogen-bond donors (Lipinski definition) is 1. The zero-order valence-corrected chi connectivity index (χ0v) is 13.3. The monoisotopic (exact) mass is 331 g/mol. The van der Waals surface area contributed by atoms with E-state index >= 15 is 0 Å². The maximum Gasteiger partial charge on any atom is 0.250 e. The van der Waals surface area contributed by atoms with E-state index in [1.807, 2.05) is 18.2 Å². The zero-order valence-electron chi connectivity index (χ0n) is 11.0. The topological polar surface area (TPSA) is 55.4 Å². The molecule has 0 saturated carbocycles. The van der Waals surface area contributed by atoms with E-state index in [9.17, 15) is 8.42 Å². The number of ether oxygens (including phenoxy) is 1. The van der Waals surface area contributed by atoms with Gasteiger partial charge in [0.2, 0.25) is 0 Å². The lowest BCUT2D eigenvalue weighted by molar-refractivity contribution is 0.413. The predicted octanol–water partition coefficient (Wildman–Crippen LogP) is 3.45. The summed E-state index contributed by atoms with van der Waals surface area (Å²) in [5, 5.41) is 0. The summed E-state index contributed by atoms with van der Waals surface area (Å²) in [6.07, 6.45) is 0. The van der Waals surface area contributed by atoms with Gasteiger partial charge in [-0.3, -0.25) is 0 Å². The molecular weight excluding hydrogens is 318 g/mol. The molecule has 0 aliphatic carbocycles. The highest BCUT2D eigenvalue weighted by atomic mass is 35.5. The minimum absolute atomic E-state index is 0.206. The number of rotatable bonds is 5. The Kier molecular flexibility index (Phi) is 4.70. The average Bonchev–Trinajstić information content (AvgIpc) is 2.86. The summed E-state index contributed by atoms with van der Waals surface area (Å²) in [4.78, 5) is 0. The number of nitrogens with one attached hydrogen (secondary N) is 1. The molecular formula is C13H14ClNO3S2. The van der Waals surface area contributed by atoms with Gasteiger partial charge in [-0.1, -0.05) is 23.7 Å². The van der Waals surface area contributed by atoms with Crippen LogP contribution < -0.4 is 9.46 Å². The summed E-state index contributed by atoms with van der Waals surface area (Å²) in [6, 6.07) is 9.97. The Morgan fingerprint density at radius 2 is 2.05 bits per heavy atom. The fraction of sp³-hybridized carbons (Fsp3) is 0.231. The molecule has 0 spiro atoms. The number of hydrogen-bond acceptors (Lipinski definition) is 4. The molecule has 1 atom stereocenters. The first-order valence-electron chi connectivity index (χ1n) is 5.84. The van der Waals surface area contributed by atoms with E-state index in [0.29, 0.717) is 10.1 Å². The molecule has 108 valence electrons. The van der Waals surface area contributed by atoms with Gasteiger partial charge in [-0.05, 0) is 36.8 Å². The van der Waals surface area contributed by atoms with Crippen molar-refractivity contribution >= 4 is 33.0 Å². The quantitative estimate of drug-likeness (QED) is 0.913. The predicted molar refractivity (Wildman–Crippen MR) is 81.1 cm³/mol. The molecule has 20 heavy (non-hydrogen) atoms. The summed E-state index contributed by atoms with van der Waals surface area (Å²) in [6.45, 7) is 1.78. The van der Waals surface area contributed by atoms with E-state index in [1.54, 1.807) is 26.2 Å². The minimum Gasteiger partial charge on any atom is -0.497 e. The fourth-order valence-corrected chi connectivity index (χ4v) is 4.44. The lowest BCUT2D eigenvalue weighted by Crippen LogP contribution is -2.26. The molecule has 2 aromatic rings. The van der Waals surface area contributed by atoms with Crippen molar-refractivity contribution in [1.82, 2.24) is 4.72 Å². The molecule has 1 aromatic carbocycles. The third kappa shape index (κ3) is 3.52. The number of methoxy groups -OCH3 is 1. The number of thiophene rings is 1. The smallest absolute Gasteiger partial charge is 0.250 e. The molecule has 2 rings (SSSR count). The van der Waals surface area contributed by atoms with Crippen LogP contribution in [0.3, 0.4) is 0 Å². The van der Waals surface area contributed by atoms with Crippen LogP contribution in [-0.2, 0) is 10.0 Å². The van der Waals surface area contributed by atoms with Crippen molar-refractivity contribution in [2.24, 2.45) is 0 Å². The van der Waals surface area contributed by atoms with Crippen molar-refractivity contribution in [3.8, 4) is 5.75 Å². The SMILES string of the molecule is COc1cccc(C(C)NS(=O)(=O)c2ccc(Cl)s2)c1. The van der Waals surface area contributed by atoms with Gasteiger partial charge in [0.1, 0.15) is 9.96 Å². The number of halogens is 1. The van der Waals surface area contributed by atoms with Crippen LogP contribution in [0.2, 0.25) is 4.34 Å². The van der Waals surface area contributed by atoms with Gasteiger partial charge < -0.3 is 4.74 Å². The van der Waals surface area contributed by atoms with Crippen LogP contribution in [0.1, 0.15) is 18.5 Å². The van der Waals surface area contributed by atoms with E-state index in [-0.39, 0.29) is 10.3 Å². The second-order valence-corrected chi connectivity index (χ2v) is 7.83.